The number of anilines is 1. The van der Waals surface area contributed by atoms with E-state index in [1.807, 2.05) is 0 Å². The Bertz CT molecular complexity index is 440. The van der Waals surface area contributed by atoms with Crippen LogP contribution in [0.25, 0.3) is 0 Å². The molecule has 0 unspecified atom stereocenters. The number of hydrogen-bond acceptors (Lipinski definition) is 4. The molecule has 4 nitrogen and oxygen atoms in total. The fraction of sp³-hybridized carbons (Fsp3) is 0.615. The van der Waals surface area contributed by atoms with E-state index in [2.05, 4.69) is 14.9 Å². The quantitative estimate of drug-likeness (QED) is 0.791. The molecule has 0 atom stereocenters. The van der Waals surface area contributed by atoms with Gasteiger partial charge in [-0.2, -0.15) is 0 Å². The Labute approximate surface area is 113 Å². The highest BCUT2D eigenvalue weighted by atomic mass is 32.1. The van der Waals surface area contributed by atoms with Crippen LogP contribution in [0.1, 0.15) is 31.4 Å². The zero-order valence-corrected chi connectivity index (χ0v) is 11.2. The van der Waals surface area contributed by atoms with Gasteiger partial charge in [-0.3, -0.25) is 0 Å². The molecule has 1 aromatic rings. The maximum Gasteiger partial charge on any atom is 0.225 e. The van der Waals surface area contributed by atoms with E-state index in [1.54, 1.807) is 12.3 Å². The van der Waals surface area contributed by atoms with Gasteiger partial charge in [0.25, 0.3) is 0 Å². The molecule has 1 heterocycles. The van der Waals surface area contributed by atoms with Crippen LogP contribution in [0.4, 0.5) is 5.95 Å². The summed E-state index contributed by atoms with van der Waals surface area (Å²) in [6.45, 7) is 2.16. The smallest absolute Gasteiger partial charge is 0.225 e. The second-order valence-corrected chi connectivity index (χ2v) is 5.84. The summed E-state index contributed by atoms with van der Waals surface area (Å²) in [5.41, 5.74) is 6.31. The minimum Gasteiger partial charge on any atom is -0.388 e. The van der Waals surface area contributed by atoms with Crippen LogP contribution in [0.3, 0.4) is 0 Å². The Balaban J connectivity index is 1.77. The van der Waals surface area contributed by atoms with Gasteiger partial charge in [-0.1, -0.05) is 12.2 Å². The Hall–Kier alpha value is -1.23. The molecule has 18 heavy (non-hydrogen) atoms. The molecule has 0 bridgehead atoms. The van der Waals surface area contributed by atoms with Crippen LogP contribution in [0.5, 0.6) is 0 Å². The van der Waals surface area contributed by atoms with Crippen molar-refractivity contribution in [3.05, 3.63) is 18.0 Å². The molecule has 2 fully saturated rings. The lowest BCUT2D eigenvalue weighted by Crippen LogP contribution is -2.30. The number of thiocarbonyl (C=S) groups is 1. The monoisotopic (exact) mass is 262 g/mol. The predicted octanol–water partition coefficient (Wildman–Crippen LogP) is 1.74. The SMILES string of the molecule is NC(=S)c1ccnc(N(CC2CC2)CC2CC2)n1. The lowest BCUT2D eigenvalue weighted by molar-refractivity contribution is 0.661. The third-order valence-electron chi connectivity index (χ3n) is 3.53. The number of nitrogens with zero attached hydrogens (tertiary/aromatic N) is 3. The fourth-order valence-corrected chi connectivity index (χ4v) is 2.21. The van der Waals surface area contributed by atoms with Crippen molar-refractivity contribution < 1.29 is 0 Å². The second-order valence-electron chi connectivity index (χ2n) is 5.40. The molecule has 0 radical (unpaired) electrons. The largest absolute Gasteiger partial charge is 0.388 e. The molecular formula is C13H18N4S. The van der Waals surface area contributed by atoms with Crippen molar-refractivity contribution >= 4 is 23.2 Å². The van der Waals surface area contributed by atoms with Gasteiger partial charge in [0.15, 0.2) is 0 Å². The zero-order chi connectivity index (χ0) is 12.5. The van der Waals surface area contributed by atoms with Gasteiger partial charge in [0.05, 0.1) is 0 Å². The average molecular weight is 262 g/mol. The maximum atomic E-state index is 5.63. The average Bonchev–Trinajstić information content (AvgIpc) is 3.23. The van der Waals surface area contributed by atoms with Crippen molar-refractivity contribution in [3.8, 4) is 0 Å². The molecule has 2 N–H and O–H groups in total. The first kappa shape index (κ1) is 11.8. The van der Waals surface area contributed by atoms with Gasteiger partial charge in [-0.15, -0.1) is 0 Å². The van der Waals surface area contributed by atoms with E-state index in [1.165, 1.54) is 25.7 Å². The highest BCUT2D eigenvalue weighted by molar-refractivity contribution is 7.80. The van der Waals surface area contributed by atoms with Crippen LogP contribution in [0.2, 0.25) is 0 Å². The minimum atomic E-state index is 0.344. The summed E-state index contributed by atoms with van der Waals surface area (Å²) in [7, 11) is 0. The van der Waals surface area contributed by atoms with Crippen molar-refractivity contribution in [2.45, 2.75) is 25.7 Å². The summed E-state index contributed by atoms with van der Waals surface area (Å²) in [4.78, 5) is 11.5. The molecule has 2 saturated carbocycles. The molecule has 0 aliphatic heterocycles. The van der Waals surface area contributed by atoms with Crippen LogP contribution in [0, 0.1) is 11.8 Å². The summed E-state index contributed by atoms with van der Waals surface area (Å²) >= 11 is 4.98. The standard InChI is InChI=1S/C13H18N4S/c14-12(18)11-5-6-15-13(16-11)17(7-9-1-2-9)8-10-3-4-10/h5-6,9-10H,1-4,7-8H2,(H2,14,18). The fourth-order valence-electron chi connectivity index (χ4n) is 2.10. The van der Waals surface area contributed by atoms with E-state index in [0.29, 0.717) is 10.7 Å². The van der Waals surface area contributed by atoms with Crippen molar-refractivity contribution in [3.63, 3.8) is 0 Å². The molecule has 2 aliphatic carbocycles. The Morgan fingerprint density at radius 2 is 1.89 bits per heavy atom. The lowest BCUT2D eigenvalue weighted by atomic mass is 10.3. The van der Waals surface area contributed by atoms with Crippen LogP contribution in [0.15, 0.2) is 12.3 Å². The summed E-state index contributed by atoms with van der Waals surface area (Å²) in [6, 6.07) is 1.78. The Kier molecular flexibility index (Phi) is 3.16. The van der Waals surface area contributed by atoms with Crippen LogP contribution >= 0.6 is 12.2 Å². The second kappa shape index (κ2) is 4.80. The first-order valence-corrected chi connectivity index (χ1v) is 7.01. The van der Waals surface area contributed by atoms with E-state index in [0.717, 1.165) is 30.9 Å². The first-order chi connectivity index (χ1) is 8.72. The van der Waals surface area contributed by atoms with Crippen LogP contribution < -0.4 is 10.6 Å². The topological polar surface area (TPSA) is 55.0 Å². The molecule has 96 valence electrons. The molecule has 1 aromatic heterocycles. The van der Waals surface area contributed by atoms with Crippen molar-refractivity contribution in [1.82, 2.24) is 9.97 Å². The van der Waals surface area contributed by atoms with E-state index in [-0.39, 0.29) is 0 Å². The number of aromatic nitrogens is 2. The highest BCUT2D eigenvalue weighted by Gasteiger charge is 2.30. The predicted molar refractivity (Wildman–Crippen MR) is 75.6 cm³/mol. The highest BCUT2D eigenvalue weighted by Crippen LogP contribution is 2.34. The van der Waals surface area contributed by atoms with Gasteiger partial charge in [-0.25, -0.2) is 9.97 Å². The maximum absolute atomic E-state index is 5.63. The van der Waals surface area contributed by atoms with Crippen LogP contribution in [-0.2, 0) is 0 Å². The molecule has 2 aliphatic rings. The molecule has 3 rings (SSSR count). The van der Waals surface area contributed by atoms with E-state index in [4.69, 9.17) is 18.0 Å². The van der Waals surface area contributed by atoms with Crippen molar-refractivity contribution in [2.75, 3.05) is 18.0 Å². The van der Waals surface area contributed by atoms with Crippen molar-refractivity contribution in [2.24, 2.45) is 17.6 Å². The summed E-state index contributed by atoms with van der Waals surface area (Å²) < 4.78 is 0. The lowest BCUT2D eigenvalue weighted by Gasteiger charge is -2.22. The summed E-state index contributed by atoms with van der Waals surface area (Å²) in [5, 5.41) is 0. The molecule has 5 heteroatoms. The molecule has 0 saturated heterocycles. The van der Waals surface area contributed by atoms with Gasteiger partial charge in [0.1, 0.15) is 10.7 Å². The third kappa shape index (κ3) is 2.96. The van der Waals surface area contributed by atoms with E-state index >= 15 is 0 Å². The summed E-state index contributed by atoms with van der Waals surface area (Å²) in [5.74, 6) is 2.46. The van der Waals surface area contributed by atoms with E-state index < -0.39 is 0 Å². The molecule has 0 amide bonds. The Morgan fingerprint density at radius 3 is 2.39 bits per heavy atom. The van der Waals surface area contributed by atoms with E-state index in [9.17, 15) is 0 Å². The normalized spacial score (nSPS) is 18.7. The minimum absolute atomic E-state index is 0.344. The van der Waals surface area contributed by atoms with Gasteiger partial charge in [-0.05, 0) is 43.6 Å². The Morgan fingerprint density at radius 1 is 1.28 bits per heavy atom. The molecule has 0 spiro atoms. The number of nitrogens with two attached hydrogens (primary N) is 1. The van der Waals surface area contributed by atoms with Gasteiger partial charge in [0, 0.05) is 19.3 Å². The van der Waals surface area contributed by atoms with Gasteiger partial charge >= 0.3 is 0 Å². The zero-order valence-electron chi connectivity index (χ0n) is 10.4. The van der Waals surface area contributed by atoms with Crippen molar-refractivity contribution in [1.29, 1.82) is 0 Å². The number of hydrogen-bond donors (Lipinski definition) is 1. The van der Waals surface area contributed by atoms with Gasteiger partial charge < -0.3 is 10.6 Å². The third-order valence-corrected chi connectivity index (χ3v) is 3.74. The molecular weight excluding hydrogens is 244 g/mol. The first-order valence-electron chi connectivity index (χ1n) is 6.60. The summed E-state index contributed by atoms with van der Waals surface area (Å²) in [6.07, 6.45) is 7.13. The van der Waals surface area contributed by atoms with Crippen LogP contribution in [-0.4, -0.2) is 28.0 Å². The molecule has 0 aromatic carbocycles. The number of rotatable bonds is 6. The van der Waals surface area contributed by atoms with Gasteiger partial charge in [0.2, 0.25) is 5.95 Å².